The van der Waals surface area contributed by atoms with Gasteiger partial charge in [0.05, 0.1) is 6.42 Å². The first-order valence-corrected chi connectivity index (χ1v) is 7.03. The van der Waals surface area contributed by atoms with E-state index in [1.54, 1.807) is 0 Å². The molecule has 1 aromatic rings. The Morgan fingerprint density at radius 2 is 1.81 bits per heavy atom. The number of aliphatic carboxylic acids is 1. The van der Waals surface area contributed by atoms with Crippen LogP contribution in [-0.4, -0.2) is 41.1 Å². The van der Waals surface area contributed by atoms with Gasteiger partial charge in [-0.2, -0.15) is 0 Å². The van der Waals surface area contributed by atoms with E-state index in [0.29, 0.717) is 5.75 Å². The third-order valence-corrected chi connectivity index (χ3v) is 3.26. The van der Waals surface area contributed by atoms with E-state index in [0.717, 1.165) is 11.1 Å². The van der Waals surface area contributed by atoms with Crippen molar-refractivity contribution in [3.8, 4) is 5.75 Å². The van der Waals surface area contributed by atoms with E-state index in [2.05, 4.69) is 0 Å². The topological polar surface area (TPSA) is 66.8 Å². The fourth-order valence-corrected chi connectivity index (χ4v) is 2.13. The molecule has 0 unspecified atom stereocenters. The molecule has 0 saturated heterocycles. The number of hydrogen-bond acceptors (Lipinski definition) is 3. The van der Waals surface area contributed by atoms with E-state index in [1.165, 1.54) is 4.90 Å². The molecule has 0 spiro atoms. The number of carboxylic acid groups (broad SMARTS) is 1. The Bertz CT molecular complexity index is 491. The number of benzene rings is 1. The molecule has 1 aromatic carbocycles. The lowest BCUT2D eigenvalue weighted by molar-refractivity contribution is -0.139. The summed E-state index contributed by atoms with van der Waals surface area (Å²) in [5.74, 6) is -0.397. The number of rotatable bonds is 7. The molecule has 1 amide bonds. The number of para-hydroxylation sites is 1. The minimum absolute atomic E-state index is 0.0570. The number of ether oxygens (including phenoxy) is 1. The third-order valence-electron chi connectivity index (χ3n) is 3.26. The highest BCUT2D eigenvalue weighted by Crippen LogP contribution is 2.22. The lowest BCUT2D eigenvalue weighted by Crippen LogP contribution is -2.41. The summed E-state index contributed by atoms with van der Waals surface area (Å²) < 4.78 is 5.63. The number of carbonyl (C=O) groups excluding carboxylic acids is 1. The van der Waals surface area contributed by atoms with Gasteiger partial charge in [0.15, 0.2) is 6.61 Å². The van der Waals surface area contributed by atoms with E-state index in [-0.39, 0.29) is 31.5 Å². The lowest BCUT2D eigenvalue weighted by atomic mass is 10.1. The molecule has 5 heteroatoms. The molecule has 0 atom stereocenters. The Labute approximate surface area is 125 Å². The predicted molar refractivity (Wildman–Crippen MR) is 80.5 cm³/mol. The summed E-state index contributed by atoms with van der Waals surface area (Å²) in [6.07, 6.45) is -0.0622. The molecule has 0 aliphatic rings. The van der Waals surface area contributed by atoms with Crippen LogP contribution < -0.4 is 4.74 Å². The van der Waals surface area contributed by atoms with Gasteiger partial charge in [0, 0.05) is 12.6 Å². The van der Waals surface area contributed by atoms with Crippen LogP contribution in [0.4, 0.5) is 0 Å². The van der Waals surface area contributed by atoms with Gasteiger partial charge in [-0.25, -0.2) is 0 Å². The van der Waals surface area contributed by atoms with Crippen LogP contribution in [0.25, 0.3) is 0 Å². The maximum atomic E-state index is 12.2. The Morgan fingerprint density at radius 1 is 1.24 bits per heavy atom. The number of amides is 1. The van der Waals surface area contributed by atoms with E-state index in [4.69, 9.17) is 9.84 Å². The van der Waals surface area contributed by atoms with Crippen molar-refractivity contribution >= 4 is 11.9 Å². The molecule has 21 heavy (non-hydrogen) atoms. The minimum Gasteiger partial charge on any atom is -0.483 e. The van der Waals surface area contributed by atoms with Crippen molar-refractivity contribution in [3.05, 3.63) is 29.3 Å². The molecule has 0 bridgehead atoms. The number of hydrogen-bond donors (Lipinski definition) is 1. The molecule has 5 nitrogen and oxygen atoms in total. The first-order chi connectivity index (χ1) is 9.82. The van der Waals surface area contributed by atoms with Gasteiger partial charge in [-0.1, -0.05) is 18.2 Å². The average molecular weight is 293 g/mol. The molecule has 1 rings (SSSR count). The second-order valence-corrected chi connectivity index (χ2v) is 5.33. The molecular formula is C16H23NO4. The zero-order valence-electron chi connectivity index (χ0n) is 13.0. The largest absolute Gasteiger partial charge is 0.483 e. The van der Waals surface area contributed by atoms with Gasteiger partial charge in [0.1, 0.15) is 5.75 Å². The highest BCUT2D eigenvalue weighted by atomic mass is 16.5. The van der Waals surface area contributed by atoms with Crippen LogP contribution in [0.3, 0.4) is 0 Å². The number of carbonyl (C=O) groups is 2. The second kappa shape index (κ2) is 7.67. The summed E-state index contributed by atoms with van der Waals surface area (Å²) >= 11 is 0. The quantitative estimate of drug-likeness (QED) is 0.838. The van der Waals surface area contributed by atoms with E-state index in [1.807, 2.05) is 45.9 Å². The Kier molecular flexibility index (Phi) is 6.21. The van der Waals surface area contributed by atoms with Gasteiger partial charge in [0.25, 0.3) is 5.91 Å². The number of carboxylic acids is 1. The fourth-order valence-electron chi connectivity index (χ4n) is 2.13. The van der Waals surface area contributed by atoms with Gasteiger partial charge < -0.3 is 14.7 Å². The number of nitrogens with zero attached hydrogens (tertiary/aromatic N) is 1. The van der Waals surface area contributed by atoms with Crippen LogP contribution in [0, 0.1) is 13.8 Å². The minimum atomic E-state index is -0.913. The smallest absolute Gasteiger partial charge is 0.305 e. The summed E-state index contributed by atoms with van der Waals surface area (Å²) in [5.41, 5.74) is 1.95. The highest BCUT2D eigenvalue weighted by molar-refractivity contribution is 5.78. The zero-order chi connectivity index (χ0) is 16.0. The SMILES string of the molecule is Cc1cccc(C)c1OCC(=O)N(CCC(=O)O)C(C)C. The van der Waals surface area contributed by atoms with E-state index >= 15 is 0 Å². The van der Waals surface area contributed by atoms with Crippen molar-refractivity contribution in [3.63, 3.8) is 0 Å². The van der Waals surface area contributed by atoms with Crippen molar-refractivity contribution in [1.29, 1.82) is 0 Å². The van der Waals surface area contributed by atoms with Gasteiger partial charge in [-0.05, 0) is 38.8 Å². The third kappa shape index (κ3) is 5.10. The number of aryl methyl sites for hydroxylation is 2. The summed E-state index contributed by atoms with van der Waals surface area (Å²) in [6, 6.07) is 5.74. The molecule has 0 heterocycles. The molecular weight excluding hydrogens is 270 g/mol. The van der Waals surface area contributed by atoms with E-state index < -0.39 is 5.97 Å². The Hall–Kier alpha value is -2.04. The standard InChI is InChI=1S/C16H23NO4/c1-11(2)17(9-8-15(19)20)14(18)10-21-16-12(3)6-5-7-13(16)4/h5-7,11H,8-10H2,1-4H3,(H,19,20). The molecule has 0 fully saturated rings. The molecule has 0 saturated carbocycles. The van der Waals surface area contributed by atoms with Crippen LogP contribution in [0.5, 0.6) is 5.75 Å². The van der Waals surface area contributed by atoms with Gasteiger partial charge in [-0.15, -0.1) is 0 Å². The van der Waals surface area contributed by atoms with Crippen molar-refractivity contribution in [2.75, 3.05) is 13.2 Å². The summed E-state index contributed by atoms with van der Waals surface area (Å²) in [4.78, 5) is 24.4. The molecule has 0 aromatic heterocycles. The Balaban J connectivity index is 2.67. The van der Waals surface area contributed by atoms with Crippen LogP contribution in [0.2, 0.25) is 0 Å². The molecule has 0 radical (unpaired) electrons. The second-order valence-electron chi connectivity index (χ2n) is 5.33. The Morgan fingerprint density at radius 3 is 2.29 bits per heavy atom. The zero-order valence-corrected chi connectivity index (χ0v) is 13.0. The maximum absolute atomic E-state index is 12.2. The van der Waals surface area contributed by atoms with Crippen molar-refractivity contribution < 1.29 is 19.4 Å². The van der Waals surface area contributed by atoms with Crippen LogP contribution >= 0.6 is 0 Å². The summed E-state index contributed by atoms with van der Waals surface area (Å²) in [7, 11) is 0. The van der Waals surface area contributed by atoms with Gasteiger partial charge in [-0.3, -0.25) is 9.59 Å². The average Bonchev–Trinajstić information content (AvgIpc) is 2.37. The van der Waals surface area contributed by atoms with Crippen molar-refractivity contribution in [2.24, 2.45) is 0 Å². The van der Waals surface area contributed by atoms with Crippen LogP contribution in [0.15, 0.2) is 18.2 Å². The van der Waals surface area contributed by atoms with Crippen molar-refractivity contribution in [1.82, 2.24) is 4.90 Å². The first-order valence-electron chi connectivity index (χ1n) is 7.03. The first kappa shape index (κ1) is 17.0. The van der Waals surface area contributed by atoms with Crippen molar-refractivity contribution in [2.45, 2.75) is 40.2 Å². The van der Waals surface area contributed by atoms with Crippen LogP contribution in [0.1, 0.15) is 31.4 Å². The maximum Gasteiger partial charge on any atom is 0.305 e. The van der Waals surface area contributed by atoms with Gasteiger partial charge >= 0.3 is 5.97 Å². The van der Waals surface area contributed by atoms with Gasteiger partial charge in [0.2, 0.25) is 0 Å². The van der Waals surface area contributed by atoms with E-state index in [9.17, 15) is 9.59 Å². The molecule has 116 valence electrons. The normalized spacial score (nSPS) is 10.5. The summed E-state index contributed by atoms with van der Waals surface area (Å²) in [6.45, 7) is 7.69. The predicted octanol–water partition coefficient (Wildman–Crippen LogP) is 2.39. The summed E-state index contributed by atoms with van der Waals surface area (Å²) in [5, 5.41) is 8.74. The fraction of sp³-hybridized carbons (Fsp3) is 0.500. The van der Waals surface area contributed by atoms with Crippen LogP contribution in [-0.2, 0) is 9.59 Å². The lowest BCUT2D eigenvalue weighted by Gasteiger charge is -2.26. The molecule has 0 aliphatic carbocycles. The highest BCUT2D eigenvalue weighted by Gasteiger charge is 2.19. The molecule has 0 aliphatic heterocycles. The monoisotopic (exact) mass is 293 g/mol. The molecule has 1 N–H and O–H groups in total.